The van der Waals surface area contributed by atoms with Gasteiger partial charge in [0.2, 0.25) is 0 Å². The van der Waals surface area contributed by atoms with Gasteiger partial charge in [0.1, 0.15) is 11.6 Å². The molecule has 0 aliphatic heterocycles. The minimum atomic E-state index is 0.0942. The number of nitrogens with zero attached hydrogens (tertiary/aromatic N) is 2. The van der Waals surface area contributed by atoms with Crippen LogP contribution in [0, 0.1) is 0 Å². The molecule has 1 aromatic heterocycles. The predicted molar refractivity (Wildman–Crippen MR) is 63.3 cm³/mol. The second kappa shape index (κ2) is 4.06. The molecule has 0 fully saturated rings. The van der Waals surface area contributed by atoms with Gasteiger partial charge in [-0.05, 0) is 12.1 Å². The third-order valence-corrected chi connectivity index (χ3v) is 2.76. The summed E-state index contributed by atoms with van der Waals surface area (Å²) in [5.41, 5.74) is 1.99. The Morgan fingerprint density at radius 3 is 2.87 bits per heavy atom. The summed E-state index contributed by atoms with van der Waals surface area (Å²) < 4.78 is 1.96. The molecule has 0 bridgehead atoms. The highest BCUT2D eigenvalue weighted by Crippen LogP contribution is 2.14. The van der Waals surface area contributed by atoms with Gasteiger partial charge in [-0.1, -0.05) is 12.1 Å². The van der Waals surface area contributed by atoms with Gasteiger partial charge in [-0.15, -0.1) is 0 Å². The first-order chi connectivity index (χ1) is 7.22. The van der Waals surface area contributed by atoms with E-state index in [1.165, 1.54) is 0 Å². The van der Waals surface area contributed by atoms with Crippen LogP contribution in [-0.2, 0) is 18.3 Å². The van der Waals surface area contributed by atoms with Crippen LogP contribution in [-0.4, -0.2) is 21.1 Å². The number of rotatable bonds is 3. The minimum Gasteiger partial charge on any atom is -0.331 e. The molecule has 0 N–H and O–H groups in total. The van der Waals surface area contributed by atoms with E-state index in [9.17, 15) is 4.79 Å². The Hall–Kier alpha value is -1.29. The smallest absolute Gasteiger partial charge is 0.149 e. The molecule has 0 aliphatic rings. The molecule has 78 valence electrons. The maximum Gasteiger partial charge on any atom is 0.149 e. The summed E-state index contributed by atoms with van der Waals surface area (Å²) in [4.78, 5) is 15.7. The number of Topliss-reactive ketones (excluding diaryl/α,β-unsaturated/α-hetero) is 1. The SMILES string of the molecule is Cn1c(CC(=O)CS)nc2ccccc21. The fourth-order valence-electron chi connectivity index (χ4n) is 1.59. The fourth-order valence-corrected chi connectivity index (χ4v) is 1.70. The average molecular weight is 220 g/mol. The maximum atomic E-state index is 11.3. The molecule has 15 heavy (non-hydrogen) atoms. The highest BCUT2D eigenvalue weighted by Gasteiger charge is 2.09. The number of benzene rings is 1. The topological polar surface area (TPSA) is 34.9 Å². The summed E-state index contributed by atoms with van der Waals surface area (Å²) >= 11 is 3.96. The molecule has 0 amide bonds. The molecular formula is C11H12N2OS. The van der Waals surface area contributed by atoms with Crippen molar-refractivity contribution in [2.75, 3.05) is 5.75 Å². The van der Waals surface area contributed by atoms with E-state index in [0.717, 1.165) is 16.9 Å². The van der Waals surface area contributed by atoms with Crippen molar-refractivity contribution in [3.8, 4) is 0 Å². The zero-order valence-corrected chi connectivity index (χ0v) is 9.37. The van der Waals surface area contributed by atoms with Crippen LogP contribution >= 0.6 is 12.6 Å². The summed E-state index contributed by atoms with van der Waals surface area (Å²) in [6, 6.07) is 7.86. The zero-order valence-electron chi connectivity index (χ0n) is 8.47. The average Bonchev–Trinajstić information content (AvgIpc) is 2.57. The molecule has 0 saturated carbocycles. The molecule has 0 atom stereocenters. The van der Waals surface area contributed by atoms with Crippen LogP contribution in [0.25, 0.3) is 11.0 Å². The van der Waals surface area contributed by atoms with Gasteiger partial charge in [-0.25, -0.2) is 4.98 Å². The number of para-hydroxylation sites is 2. The van der Waals surface area contributed by atoms with Gasteiger partial charge in [0.25, 0.3) is 0 Å². The largest absolute Gasteiger partial charge is 0.331 e. The third kappa shape index (κ3) is 1.90. The molecule has 0 saturated heterocycles. The Bertz CT molecular complexity index is 504. The van der Waals surface area contributed by atoms with Crippen molar-refractivity contribution in [3.63, 3.8) is 0 Å². The first-order valence-electron chi connectivity index (χ1n) is 4.75. The van der Waals surface area contributed by atoms with Crippen molar-refractivity contribution in [1.29, 1.82) is 0 Å². The van der Waals surface area contributed by atoms with E-state index >= 15 is 0 Å². The summed E-state index contributed by atoms with van der Waals surface area (Å²) in [6.45, 7) is 0. The molecule has 2 aromatic rings. The van der Waals surface area contributed by atoms with E-state index in [2.05, 4.69) is 17.6 Å². The van der Waals surface area contributed by atoms with Gasteiger partial charge in [0.15, 0.2) is 0 Å². The van der Waals surface area contributed by atoms with Crippen LogP contribution in [0.4, 0.5) is 0 Å². The molecule has 1 aromatic carbocycles. The number of fused-ring (bicyclic) bond motifs is 1. The second-order valence-electron chi connectivity index (χ2n) is 3.45. The van der Waals surface area contributed by atoms with E-state index in [-0.39, 0.29) is 11.5 Å². The van der Waals surface area contributed by atoms with Crippen LogP contribution in [0.15, 0.2) is 24.3 Å². The first kappa shape index (κ1) is 10.2. The lowest BCUT2D eigenvalue weighted by Crippen LogP contribution is -2.08. The number of thiol groups is 1. The predicted octanol–water partition coefficient (Wildman–Crippen LogP) is 1.61. The number of imidazole rings is 1. The van der Waals surface area contributed by atoms with E-state index in [1.54, 1.807) is 0 Å². The lowest BCUT2D eigenvalue weighted by atomic mass is 10.3. The number of hydrogen-bond acceptors (Lipinski definition) is 3. The lowest BCUT2D eigenvalue weighted by Gasteiger charge is -1.99. The summed E-state index contributed by atoms with van der Waals surface area (Å²) in [5.74, 6) is 1.16. The van der Waals surface area contributed by atoms with Crippen molar-refractivity contribution < 1.29 is 4.79 Å². The summed E-state index contributed by atoms with van der Waals surface area (Å²) in [5, 5.41) is 0. The van der Waals surface area contributed by atoms with Crippen LogP contribution in [0.2, 0.25) is 0 Å². The van der Waals surface area contributed by atoms with Gasteiger partial charge in [-0.2, -0.15) is 12.6 Å². The number of ketones is 1. The number of aryl methyl sites for hydroxylation is 1. The summed E-state index contributed by atoms with van der Waals surface area (Å²) in [6.07, 6.45) is 0.356. The van der Waals surface area contributed by atoms with Crippen molar-refractivity contribution in [2.45, 2.75) is 6.42 Å². The molecule has 3 nitrogen and oxygen atoms in total. The van der Waals surface area contributed by atoms with Crippen molar-refractivity contribution in [1.82, 2.24) is 9.55 Å². The highest BCUT2D eigenvalue weighted by molar-refractivity contribution is 7.81. The zero-order chi connectivity index (χ0) is 10.8. The normalized spacial score (nSPS) is 10.8. The molecule has 1 heterocycles. The summed E-state index contributed by atoms with van der Waals surface area (Å²) in [7, 11) is 1.93. The van der Waals surface area contributed by atoms with Crippen molar-refractivity contribution in [2.24, 2.45) is 7.05 Å². The van der Waals surface area contributed by atoms with Gasteiger partial charge in [-0.3, -0.25) is 4.79 Å². The number of aromatic nitrogens is 2. The molecule has 2 rings (SSSR count). The molecule has 0 radical (unpaired) electrons. The van der Waals surface area contributed by atoms with Gasteiger partial charge in [0, 0.05) is 12.8 Å². The molecule has 0 spiro atoms. The van der Waals surface area contributed by atoms with Crippen molar-refractivity contribution >= 4 is 29.4 Å². The van der Waals surface area contributed by atoms with Gasteiger partial charge in [0.05, 0.1) is 17.5 Å². The van der Waals surface area contributed by atoms with Gasteiger partial charge < -0.3 is 4.57 Å². The molecule has 4 heteroatoms. The fraction of sp³-hybridized carbons (Fsp3) is 0.273. The molecule has 0 aliphatic carbocycles. The Morgan fingerprint density at radius 2 is 2.20 bits per heavy atom. The maximum absolute atomic E-state index is 11.3. The van der Waals surface area contributed by atoms with E-state index in [0.29, 0.717) is 6.42 Å². The lowest BCUT2D eigenvalue weighted by molar-refractivity contribution is -0.116. The first-order valence-corrected chi connectivity index (χ1v) is 5.38. The van der Waals surface area contributed by atoms with Crippen LogP contribution in [0.1, 0.15) is 5.82 Å². The van der Waals surface area contributed by atoms with E-state index in [1.807, 2.05) is 35.9 Å². The van der Waals surface area contributed by atoms with Gasteiger partial charge >= 0.3 is 0 Å². The Morgan fingerprint density at radius 1 is 1.47 bits per heavy atom. The highest BCUT2D eigenvalue weighted by atomic mass is 32.1. The minimum absolute atomic E-state index is 0.0942. The molecular weight excluding hydrogens is 208 g/mol. The number of hydrogen-bond donors (Lipinski definition) is 1. The van der Waals surface area contributed by atoms with E-state index in [4.69, 9.17) is 0 Å². The van der Waals surface area contributed by atoms with Crippen molar-refractivity contribution in [3.05, 3.63) is 30.1 Å². The Balaban J connectivity index is 2.44. The second-order valence-corrected chi connectivity index (χ2v) is 3.77. The molecule has 0 unspecified atom stereocenters. The van der Waals surface area contributed by atoms with Crippen LogP contribution < -0.4 is 0 Å². The number of carbonyl (C=O) groups excluding carboxylic acids is 1. The quantitative estimate of drug-likeness (QED) is 0.798. The Kier molecular flexibility index (Phi) is 2.77. The van der Waals surface area contributed by atoms with E-state index < -0.39 is 0 Å². The Labute approximate surface area is 93.5 Å². The monoisotopic (exact) mass is 220 g/mol. The van der Waals surface area contributed by atoms with Crippen LogP contribution in [0.3, 0.4) is 0 Å². The third-order valence-electron chi connectivity index (χ3n) is 2.41. The van der Waals surface area contributed by atoms with Crippen LogP contribution in [0.5, 0.6) is 0 Å². The number of carbonyl (C=O) groups is 1. The standard InChI is InChI=1S/C11H12N2OS/c1-13-10-5-3-2-4-9(10)12-11(13)6-8(14)7-15/h2-5,15H,6-7H2,1H3.